The molecule has 0 atom stereocenters. The summed E-state index contributed by atoms with van der Waals surface area (Å²) >= 11 is 0. The van der Waals surface area contributed by atoms with E-state index in [1.54, 1.807) is 6.33 Å². The highest BCUT2D eigenvalue weighted by Gasteiger charge is 2.30. The van der Waals surface area contributed by atoms with E-state index in [4.69, 9.17) is 13.9 Å². The number of hydrogen-bond acceptors (Lipinski definition) is 8. The van der Waals surface area contributed by atoms with Gasteiger partial charge in [-0.2, -0.15) is 0 Å². The highest BCUT2D eigenvalue weighted by Crippen LogP contribution is 2.34. The number of piperidine rings is 1. The minimum Gasteiger partial charge on any atom is -0.454 e. The van der Waals surface area contributed by atoms with Gasteiger partial charge < -0.3 is 23.7 Å². The van der Waals surface area contributed by atoms with E-state index >= 15 is 0 Å². The lowest BCUT2D eigenvalue weighted by Crippen LogP contribution is -2.48. The van der Waals surface area contributed by atoms with E-state index < -0.39 is 0 Å². The van der Waals surface area contributed by atoms with E-state index in [0.29, 0.717) is 30.1 Å². The Kier molecular flexibility index (Phi) is 5.49. The molecule has 0 spiro atoms. The molecule has 3 aromatic rings. The first kappa shape index (κ1) is 21.2. The van der Waals surface area contributed by atoms with Gasteiger partial charge in [0.25, 0.3) is 5.91 Å². The third kappa shape index (κ3) is 3.83. The molecule has 0 saturated carbocycles. The van der Waals surface area contributed by atoms with Gasteiger partial charge >= 0.3 is 0 Å². The molecule has 2 fully saturated rings. The van der Waals surface area contributed by atoms with Gasteiger partial charge in [0.1, 0.15) is 17.9 Å². The number of piperazine rings is 1. The molecule has 34 heavy (non-hydrogen) atoms. The summed E-state index contributed by atoms with van der Waals surface area (Å²) in [6, 6.07) is 6.09. The minimum atomic E-state index is 0.00652. The number of carbonyl (C=O) groups is 1. The molecule has 3 aliphatic rings. The van der Waals surface area contributed by atoms with Crippen LogP contribution in [-0.2, 0) is 6.54 Å². The second-order valence-electron chi connectivity index (χ2n) is 9.21. The Bertz CT molecular complexity index is 1210. The number of aromatic nitrogens is 2. The van der Waals surface area contributed by atoms with Crippen LogP contribution in [0.25, 0.3) is 11.1 Å². The standard InChI is InChI=1S/C25H29N5O4/c1-17-21(22-23(26-15-27-24(22)34-17)29-7-3-2-4-8-29)25(31)30-11-9-28(10-12-30)14-18-5-6-19-20(13-18)33-16-32-19/h5-6,13,15H,2-4,7-12,14,16H2,1H3. The number of anilines is 1. The first-order valence-corrected chi connectivity index (χ1v) is 12.1. The number of ether oxygens (including phenoxy) is 2. The third-order valence-corrected chi connectivity index (χ3v) is 7.02. The van der Waals surface area contributed by atoms with Crippen molar-refractivity contribution in [2.24, 2.45) is 0 Å². The van der Waals surface area contributed by atoms with Gasteiger partial charge in [-0.3, -0.25) is 9.69 Å². The maximum absolute atomic E-state index is 13.7. The first-order chi connectivity index (χ1) is 16.7. The summed E-state index contributed by atoms with van der Waals surface area (Å²) in [5, 5.41) is 0.759. The van der Waals surface area contributed by atoms with Crippen LogP contribution in [0.3, 0.4) is 0 Å². The molecule has 0 bridgehead atoms. The van der Waals surface area contributed by atoms with Crippen LogP contribution in [0.2, 0.25) is 0 Å². The lowest BCUT2D eigenvalue weighted by molar-refractivity contribution is 0.0628. The molecular formula is C25H29N5O4. The fourth-order valence-electron chi connectivity index (χ4n) is 5.20. The molecule has 9 heteroatoms. The first-order valence-electron chi connectivity index (χ1n) is 12.1. The topological polar surface area (TPSA) is 84.2 Å². The lowest BCUT2D eigenvalue weighted by Gasteiger charge is -2.35. The SMILES string of the molecule is Cc1oc2ncnc(N3CCCCC3)c2c1C(=O)N1CCN(Cc2ccc3c(c2)OCO3)CC1. The maximum atomic E-state index is 13.7. The van der Waals surface area contributed by atoms with Crippen LogP contribution < -0.4 is 14.4 Å². The van der Waals surface area contributed by atoms with E-state index in [2.05, 4.69) is 25.8 Å². The molecule has 2 aromatic heterocycles. The largest absolute Gasteiger partial charge is 0.454 e. The van der Waals surface area contributed by atoms with Gasteiger partial charge in [0.15, 0.2) is 11.5 Å². The average molecular weight is 464 g/mol. The van der Waals surface area contributed by atoms with Crippen LogP contribution >= 0.6 is 0 Å². The van der Waals surface area contributed by atoms with E-state index in [-0.39, 0.29) is 12.7 Å². The summed E-state index contributed by atoms with van der Waals surface area (Å²) in [6.07, 6.45) is 5.05. The Labute approximate surface area is 198 Å². The molecule has 0 unspecified atom stereocenters. The van der Waals surface area contributed by atoms with Gasteiger partial charge in [0.05, 0.1) is 10.9 Å². The van der Waals surface area contributed by atoms with Gasteiger partial charge in [-0.25, -0.2) is 9.97 Å². The Morgan fingerprint density at radius 1 is 0.971 bits per heavy atom. The van der Waals surface area contributed by atoms with Crippen molar-refractivity contribution in [1.82, 2.24) is 19.8 Å². The van der Waals surface area contributed by atoms with Crippen molar-refractivity contribution in [3.05, 3.63) is 41.4 Å². The molecule has 1 amide bonds. The van der Waals surface area contributed by atoms with Crippen molar-refractivity contribution >= 4 is 22.8 Å². The van der Waals surface area contributed by atoms with Crippen LogP contribution in [0.5, 0.6) is 11.5 Å². The molecule has 2 saturated heterocycles. The van der Waals surface area contributed by atoms with Crippen molar-refractivity contribution in [1.29, 1.82) is 0 Å². The molecule has 0 radical (unpaired) electrons. The summed E-state index contributed by atoms with van der Waals surface area (Å²) < 4.78 is 16.8. The second-order valence-corrected chi connectivity index (χ2v) is 9.21. The second kappa shape index (κ2) is 8.79. The van der Waals surface area contributed by atoms with E-state index in [1.165, 1.54) is 12.0 Å². The number of furan rings is 1. The summed E-state index contributed by atoms with van der Waals surface area (Å²) in [6.45, 7) is 7.81. The predicted molar refractivity (Wildman–Crippen MR) is 126 cm³/mol. The Balaban J connectivity index is 1.18. The van der Waals surface area contributed by atoms with E-state index in [9.17, 15) is 4.79 Å². The quantitative estimate of drug-likeness (QED) is 0.583. The number of fused-ring (bicyclic) bond motifs is 2. The molecule has 0 aliphatic carbocycles. The van der Waals surface area contributed by atoms with Gasteiger partial charge in [-0.05, 0) is 43.9 Å². The number of benzene rings is 1. The number of aryl methyl sites for hydroxylation is 1. The van der Waals surface area contributed by atoms with Crippen molar-refractivity contribution < 1.29 is 18.7 Å². The molecule has 9 nitrogen and oxygen atoms in total. The summed E-state index contributed by atoms with van der Waals surface area (Å²) in [5.74, 6) is 3.05. The van der Waals surface area contributed by atoms with E-state index in [0.717, 1.165) is 68.3 Å². The van der Waals surface area contributed by atoms with Crippen molar-refractivity contribution in [2.45, 2.75) is 32.7 Å². The minimum absolute atomic E-state index is 0.00652. The zero-order valence-electron chi connectivity index (χ0n) is 19.5. The van der Waals surface area contributed by atoms with Gasteiger partial charge in [0.2, 0.25) is 12.5 Å². The zero-order chi connectivity index (χ0) is 23.1. The van der Waals surface area contributed by atoms with Crippen molar-refractivity contribution in [3.8, 4) is 11.5 Å². The summed E-state index contributed by atoms with van der Waals surface area (Å²) in [7, 11) is 0. The van der Waals surface area contributed by atoms with Crippen LogP contribution in [0.4, 0.5) is 5.82 Å². The highest BCUT2D eigenvalue weighted by molar-refractivity contribution is 6.10. The third-order valence-electron chi connectivity index (χ3n) is 7.02. The fraction of sp³-hybridized carbons (Fsp3) is 0.480. The molecule has 1 aromatic carbocycles. The zero-order valence-corrected chi connectivity index (χ0v) is 19.5. The summed E-state index contributed by atoms with van der Waals surface area (Å²) in [5.41, 5.74) is 2.29. The monoisotopic (exact) mass is 463 g/mol. The molecule has 5 heterocycles. The Morgan fingerprint density at radius 2 is 1.76 bits per heavy atom. The Hall–Kier alpha value is -3.33. The highest BCUT2D eigenvalue weighted by atomic mass is 16.7. The maximum Gasteiger partial charge on any atom is 0.258 e. The molecule has 3 aliphatic heterocycles. The van der Waals surface area contributed by atoms with Crippen molar-refractivity contribution in [3.63, 3.8) is 0 Å². The Morgan fingerprint density at radius 3 is 2.59 bits per heavy atom. The van der Waals surface area contributed by atoms with Gasteiger partial charge in [0, 0.05) is 45.8 Å². The predicted octanol–water partition coefficient (Wildman–Crippen LogP) is 3.21. The van der Waals surface area contributed by atoms with Gasteiger partial charge in [-0.15, -0.1) is 0 Å². The molecule has 0 N–H and O–H groups in total. The number of carbonyl (C=O) groups excluding carboxylic acids is 1. The average Bonchev–Trinajstić information content (AvgIpc) is 3.47. The molecular weight excluding hydrogens is 434 g/mol. The number of amides is 1. The molecule has 178 valence electrons. The lowest BCUT2D eigenvalue weighted by atomic mass is 10.1. The van der Waals surface area contributed by atoms with E-state index in [1.807, 2.05) is 24.0 Å². The smallest absolute Gasteiger partial charge is 0.258 e. The van der Waals surface area contributed by atoms with Crippen LogP contribution in [0.15, 0.2) is 28.9 Å². The number of rotatable bonds is 4. The van der Waals surface area contributed by atoms with Crippen molar-refractivity contribution in [2.75, 3.05) is 51.0 Å². The fourth-order valence-corrected chi connectivity index (χ4v) is 5.20. The van der Waals surface area contributed by atoms with Gasteiger partial charge in [-0.1, -0.05) is 6.07 Å². The van der Waals surface area contributed by atoms with Crippen LogP contribution in [0.1, 0.15) is 40.9 Å². The van der Waals surface area contributed by atoms with Crippen LogP contribution in [0, 0.1) is 6.92 Å². The normalized spacial score (nSPS) is 18.6. The molecule has 6 rings (SSSR count). The number of hydrogen-bond donors (Lipinski definition) is 0. The van der Waals surface area contributed by atoms with Crippen LogP contribution in [-0.4, -0.2) is 71.7 Å². The number of nitrogens with zero attached hydrogens (tertiary/aromatic N) is 5. The summed E-state index contributed by atoms with van der Waals surface area (Å²) in [4.78, 5) is 29.1.